The number of hydrogen-bond acceptors (Lipinski definition) is 6. The standard InChI is InChI=1S/C28H31F3N6O/c1-19-7-8-20(14-26(19)37(33)18-25(32)21-6-5-11-34-17-21)27(38)35-23-9-10-24(36-12-3-2-4-13-36)16-22(15-23)28(29,30)31/h5-8,10-11,14-18H,2-4,9,12-13,32-33H2,1H3,(H,35,38)/b25-18-. The molecule has 5 N–H and O–H groups in total. The van der Waals surface area contributed by atoms with Crippen molar-refractivity contribution in [3.63, 3.8) is 0 Å². The number of allylic oxidation sites excluding steroid dienone is 4. The van der Waals surface area contributed by atoms with Gasteiger partial charge in [0.15, 0.2) is 0 Å². The molecule has 1 amide bonds. The van der Waals surface area contributed by atoms with Crippen molar-refractivity contribution >= 4 is 17.3 Å². The summed E-state index contributed by atoms with van der Waals surface area (Å²) in [5, 5.41) is 3.97. The molecule has 0 bridgehead atoms. The number of hydrogen-bond donors (Lipinski definition) is 3. The second-order valence-corrected chi connectivity index (χ2v) is 9.34. The Balaban J connectivity index is 1.54. The van der Waals surface area contributed by atoms with Gasteiger partial charge in [0.1, 0.15) is 0 Å². The summed E-state index contributed by atoms with van der Waals surface area (Å²) in [6.07, 6.45) is 7.24. The molecule has 0 atom stereocenters. The predicted octanol–water partition coefficient (Wildman–Crippen LogP) is 4.90. The highest BCUT2D eigenvalue weighted by atomic mass is 19.4. The monoisotopic (exact) mass is 524 g/mol. The van der Waals surface area contributed by atoms with E-state index in [4.69, 9.17) is 11.6 Å². The average molecular weight is 525 g/mol. The fourth-order valence-electron chi connectivity index (χ4n) is 4.42. The van der Waals surface area contributed by atoms with Crippen molar-refractivity contribution in [2.75, 3.05) is 18.1 Å². The lowest BCUT2D eigenvalue weighted by Gasteiger charge is -2.30. The summed E-state index contributed by atoms with van der Waals surface area (Å²) in [4.78, 5) is 19.1. The number of aromatic nitrogens is 1. The molecule has 2 heterocycles. The zero-order valence-corrected chi connectivity index (χ0v) is 21.1. The van der Waals surface area contributed by atoms with Crippen LogP contribution in [0.15, 0.2) is 84.1 Å². The smallest absolute Gasteiger partial charge is 0.397 e. The Morgan fingerprint density at radius 1 is 1.13 bits per heavy atom. The van der Waals surface area contributed by atoms with E-state index >= 15 is 0 Å². The minimum absolute atomic E-state index is 0.165. The number of amides is 1. The van der Waals surface area contributed by atoms with Crippen LogP contribution in [0.2, 0.25) is 0 Å². The predicted molar refractivity (Wildman–Crippen MR) is 142 cm³/mol. The van der Waals surface area contributed by atoms with Gasteiger partial charge in [-0.2, -0.15) is 13.2 Å². The highest BCUT2D eigenvalue weighted by Gasteiger charge is 2.34. The summed E-state index contributed by atoms with van der Waals surface area (Å²) in [6, 6.07) is 8.43. The molecule has 2 aliphatic rings. The maximum atomic E-state index is 13.8. The molecule has 0 unspecified atom stereocenters. The fourth-order valence-corrected chi connectivity index (χ4v) is 4.42. The van der Waals surface area contributed by atoms with Gasteiger partial charge in [-0.3, -0.25) is 14.8 Å². The number of pyridine rings is 1. The van der Waals surface area contributed by atoms with Crippen molar-refractivity contribution in [1.82, 2.24) is 15.2 Å². The third-order valence-corrected chi connectivity index (χ3v) is 6.51. The molecule has 10 heteroatoms. The zero-order valence-electron chi connectivity index (χ0n) is 21.1. The molecule has 200 valence electrons. The Hall–Kier alpha value is -4.05. The Morgan fingerprint density at radius 2 is 1.89 bits per heavy atom. The molecule has 38 heavy (non-hydrogen) atoms. The number of nitrogens with zero attached hydrogens (tertiary/aromatic N) is 3. The molecule has 0 radical (unpaired) electrons. The number of aryl methyl sites for hydroxylation is 1. The van der Waals surface area contributed by atoms with Crippen molar-refractivity contribution in [3.8, 4) is 0 Å². The molecule has 1 fully saturated rings. The number of carbonyl (C=O) groups is 1. The van der Waals surface area contributed by atoms with Crippen molar-refractivity contribution in [3.05, 3.63) is 101 Å². The van der Waals surface area contributed by atoms with Gasteiger partial charge in [-0.15, -0.1) is 0 Å². The SMILES string of the molecule is Cc1ccc(C(=O)NC2=CC(C(F)(F)F)=CC(N3CCCCC3)=CC2)cc1N(N)/C=C(\N)c1cccnc1. The number of benzene rings is 1. The van der Waals surface area contributed by atoms with Gasteiger partial charge >= 0.3 is 6.18 Å². The molecule has 4 rings (SSSR count). The van der Waals surface area contributed by atoms with E-state index in [1.54, 1.807) is 48.8 Å². The van der Waals surface area contributed by atoms with E-state index in [1.165, 1.54) is 17.3 Å². The minimum atomic E-state index is -4.55. The van der Waals surface area contributed by atoms with Crippen LogP contribution >= 0.6 is 0 Å². The van der Waals surface area contributed by atoms with Crippen LogP contribution < -0.4 is 21.9 Å². The molecule has 0 spiro atoms. The largest absolute Gasteiger partial charge is 0.416 e. The van der Waals surface area contributed by atoms with Crippen molar-refractivity contribution < 1.29 is 18.0 Å². The third kappa shape index (κ3) is 6.63. The minimum Gasteiger partial charge on any atom is -0.397 e. The maximum absolute atomic E-state index is 13.8. The molecule has 1 aliphatic carbocycles. The van der Waals surface area contributed by atoms with Crippen LogP contribution in [-0.2, 0) is 0 Å². The number of rotatable bonds is 6. The second kappa shape index (κ2) is 11.6. The van der Waals surface area contributed by atoms with E-state index in [9.17, 15) is 18.0 Å². The number of nitrogens with one attached hydrogen (secondary N) is 1. The normalized spacial score (nSPS) is 16.7. The number of carbonyl (C=O) groups excluding carboxylic acids is 1. The van der Waals surface area contributed by atoms with Gasteiger partial charge in [0.05, 0.1) is 17.0 Å². The summed E-state index contributed by atoms with van der Waals surface area (Å²) in [5.41, 5.74) is 8.65. The van der Waals surface area contributed by atoms with Crippen molar-refractivity contribution in [2.24, 2.45) is 11.6 Å². The van der Waals surface area contributed by atoms with E-state index in [0.717, 1.165) is 44.0 Å². The van der Waals surface area contributed by atoms with Crippen LogP contribution in [0.5, 0.6) is 0 Å². The Labute approximate surface area is 220 Å². The molecular weight excluding hydrogens is 493 g/mol. The first-order valence-corrected chi connectivity index (χ1v) is 12.4. The first-order valence-electron chi connectivity index (χ1n) is 12.4. The Bertz CT molecular complexity index is 1290. The number of piperidine rings is 1. The van der Waals surface area contributed by atoms with Crippen molar-refractivity contribution in [2.45, 2.75) is 38.8 Å². The number of alkyl halides is 3. The number of halogens is 3. The first kappa shape index (κ1) is 27.0. The molecule has 1 aromatic carbocycles. The van der Waals surface area contributed by atoms with Gasteiger partial charge in [0.25, 0.3) is 5.91 Å². The molecule has 1 aliphatic heterocycles. The molecular formula is C28H31F3N6O. The summed E-state index contributed by atoms with van der Waals surface area (Å²) in [5.74, 6) is 5.69. The van der Waals surface area contributed by atoms with Gasteiger partial charge in [0.2, 0.25) is 0 Å². The van der Waals surface area contributed by atoms with Gasteiger partial charge < -0.3 is 16.0 Å². The average Bonchev–Trinajstić information content (AvgIpc) is 3.13. The van der Waals surface area contributed by atoms with Crippen LogP contribution in [-0.4, -0.2) is 35.1 Å². The summed E-state index contributed by atoms with van der Waals surface area (Å²) >= 11 is 0. The summed E-state index contributed by atoms with van der Waals surface area (Å²) in [6.45, 7) is 3.26. The van der Waals surface area contributed by atoms with E-state index in [2.05, 4.69) is 10.3 Å². The quantitative estimate of drug-likeness (QED) is 0.367. The van der Waals surface area contributed by atoms with Crippen LogP contribution in [0.25, 0.3) is 5.70 Å². The molecule has 7 nitrogen and oxygen atoms in total. The molecule has 2 aromatic rings. The summed E-state index contributed by atoms with van der Waals surface area (Å²) in [7, 11) is 0. The molecule has 1 aromatic heterocycles. The fraction of sp³-hybridized carbons (Fsp3) is 0.286. The molecule has 1 saturated heterocycles. The molecule has 0 saturated carbocycles. The van der Waals surface area contributed by atoms with Crippen LogP contribution in [0.4, 0.5) is 18.9 Å². The lowest BCUT2D eigenvalue weighted by Crippen LogP contribution is -2.28. The third-order valence-electron chi connectivity index (χ3n) is 6.51. The topological polar surface area (TPSA) is 101 Å². The van der Waals surface area contributed by atoms with Gasteiger partial charge in [0, 0.05) is 60.6 Å². The highest BCUT2D eigenvalue weighted by Crippen LogP contribution is 2.32. The van der Waals surface area contributed by atoms with E-state index in [-0.39, 0.29) is 17.7 Å². The highest BCUT2D eigenvalue weighted by molar-refractivity contribution is 5.96. The van der Waals surface area contributed by atoms with Crippen LogP contribution in [0, 0.1) is 6.92 Å². The van der Waals surface area contributed by atoms with Gasteiger partial charge in [-0.1, -0.05) is 12.1 Å². The maximum Gasteiger partial charge on any atom is 0.416 e. The zero-order chi connectivity index (χ0) is 27.3. The Morgan fingerprint density at radius 3 is 2.58 bits per heavy atom. The van der Waals surface area contributed by atoms with Gasteiger partial charge in [-0.05, 0) is 68.2 Å². The lowest BCUT2D eigenvalue weighted by molar-refractivity contribution is -0.0884. The van der Waals surface area contributed by atoms with Crippen LogP contribution in [0.1, 0.15) is 47.2 Å². The van der Waals surface area contributed by atoms with E-state index in [0.29, 0.717) is 22.6 Å². The van der Waals surface area contributed by atoms with Gasteiger partial charge in [-0.25, -0.2) is 5.84 Å². The number of nitrogens with two attached hydrogens (primary N) is 2. The van der Waals surface area contributed by atoms with Crippen LogP contribution in [0.3, 0.4) is 0 Å². The Kier molecular flexibility index (Phi) is 8.21. The second-order valence-electron chi connectivity index (χ2n) is 9.34. The summed E-state index contributed by atoms with van der Waals surface area (Å²) < 4.78 is 41.4. The van der Waals surface area contributed by atoms with E-state index in [1.807, 2.05) is 11.8 Å². The van der Waals surface area contributed by atoms with E-state index < -0.39 is 17.7 Å². The lowest BCUT2D eigenvalue weighted by atomic mass is 10.1. The first-order chi connectivity index (χ1) is 18.1. The number of likely N-dealkylation sites (tertiary alicyclic amines) is 1. The number of anilines is 1. The van der Waals surface area contributed by atoms with Crippen molar-refractivity contribution in [1.29, 1.82) is 0 Å². The number of hydrazine groups is 1.